The van der Waals surface area contributed by atoms with Crippen LogP contribution in [0.25, 0.3) is 10.4 Å². The first-order valence-corrected chi connectivity index (χ1v) is 11.0. The summed E-state index contributed by atoms with van der Waals surface area (Å²) in [7, 11) is 0. The second-order valence-electron chi connectivity index (χ2n) is 6.39. The fourth-order valence-electron chi connectivity index (χ4n) is 3.07. The molecule has 1 aliphatic heterocycles. The predicted octanol–water partition coefficient (Wildman–Crippen LogP) is 3.06. The zero-order valence-corrected chi connectivity index (χ0v) is 17.7. The first kappa shape index (κ1) is 20.5. The number of amides is 1. The summed E-state index contributed by atoms with van der Waals surface area (Å²) in [4.78, 5) is 16.1. The van der Waals surface area contributed by atoms with E-state index >= 15 is 0 Å². The maximum absolute atomic E-state index is 12.5. The zero-order chi connectivity index (χ0) is 21.8. The molecule has 1 aromatic carbocycles. The lowest BCUT2D eigenvalue weighted by atomic mass is 10.0. The maximum Gasteiger partial charge on any atom is 0.289 e. The number of anilines is 2. The number of hydrogen-bond donors (Lipinski definition) is 2. The van der Waals surface area contributed by atoms with Crippen molar-refractivity contribution in [2.24, 2.45) is 0 Å². The number of nitrogens with two attached hydrogens (primary N) is 1. The number of thioether (sulfide) groups is 1. The van der Waals surface area contributed by atoms with Crippen LogP contribution in [0.15, 0.2) is 40.7 Å². The van der Waals surface area contributed by atoms with Crippen LogP contribution in [-0.4, -0.2) is 24.9 Å². The van der Waals surface area contributed by atoms with Crippen LogP contribution in [0, 0.1) is 22.7 Å². The third-order valence-electron chi connectivity index (χ3n) is 4.41. The Kier molecular flexibility index (Phi) is 5.94. The van der Waals surface area contributed by atoms with Gasteiger partial charge in [0.05, 0.1) is 5.75 Å². The molecule has 1 amide bonds. The van der Waals surface area contributed by atoms with Crippen molar-refractivity contribution in [3.05, 3.63) is 46.8 Å². The summed E-state index contributed by atoms with van der Waals surface area (Å²) in [5, 5.41) is 24.4. The van der Waals surface area contributed by atoms with Crippen molar-refractivity contribution >= 4 is 40.5 Å². The van der Waals surface area contributed by atoms with E-state index < -0.39 is 0 Å². The molecule has 3 aromatic rings. The molecule has 1 aliphatic rings. The van der Waals surface area contributed by atoms with Gasteiger partial charge in [0.2, 0.25) is 5.91 Å². The lowest BCUT2D eigenvalue weighted by molar-refractivity contribution is -0.410. The van der Waals surface area contributed by atoms with E-state index in [2.05, 4.69) is 22.4 Å². The monoisotopic (exact) mass is 450 g/mol. The number of thiophene rings is 1. The number of fused-ring (bicyclic) bond motifs is 1. The van der Waals surface area contributed by atoms with E-state index in [4.69, 9.17) is 15.2 Å². The molecular weight excluding hydrogens is 434 g/mol. The van der Waals surface area contributed by atoms with Crippen LogP contribution in [0.1, 0.15) is 11.1 Å². The molecule has 0 atom stereocenters. The lowest BCUT2D eigenvalue weighted by Gasteiger charge is -2.19. The summed E-state index contributed by atoms with van der Waals surface area (Å²) in [6.45, 7) is 0.952. The molecule has 0 saturated carbocycles. The van der Waals surface area contributed by atoms with Crippen LogP contribution in [0.3, 0.4) is 0 Å². The average molecular weight is 451 g/mol. The van der Waals surface area contributed by atoms with E-state index in [-0.39, 0.29) is 28.6 Å². The Bertz CT molecular complexity index is 1230. The molecule has 0 fully saturated rings. The average Bonchev–Trinajstić information content (AvgIpc) is 3.31. The van der Waals surface area contributed by atoms with Gasteiger partial charge in [-0.1, -0.05) is 17.8 Å². The van der Waals surface area contributed by atoms with Gasteiger partial charge in [0, 0.05) is 22.2 Å². The van der Waals surface area contributed by atoms with Gasteiger partial charge in [-0.05, 0) is 23.6 Å². The Morgan fingerprint density at radius 2 is 1.97 bits per heavy atom. The van der Waals surface area contributed by atoms with Crippen molar-refractivity contribution in [3.8, 4) is 34.1 Å². The molecule has 0 aliphatic carbocycles. The minimum atomic E-state index is -0.264. The summed E-state index contributed by atoms with van der Waals surface area (Å²) in [6, 6.07) is 13.1. The number of ether oxygens (including phenoxy) is 2. The number of rotatable bonds is 5. The quantitative estimate of drug-likeness (QED) is 0.570. The Hall–Kier alpha value is -3.73. The van der Waals surface area contributed by atoms with E-state index in [9.17, 15) is 15.3 Å². The number of nitrogens with zero attached hydrogens (tertiary/aromatic N) is 2. The molecule has 0 saturated heterocycles. The van der Waals surface area contributed by atoms with E-state index in [0.717, 1.165) is 16.6 Å². The summed E-state index contributed by atoms with van der Waals surface area (Å²) >= 11 is 2.55. The number of nitrogen functional groups attached to an aromatic ring is 1. The Labute approximate surface area is 186 Å². The van der Waals surface area contributed by atoms with Gasteiger partial charge in [0.15, 0.2) is 22.1 Å². The van der Waals surface area contributed by atoms with Gasteiger partial charge >= 0.3 is 0 Å². The molecule has 8 nitrogen and oxygen atoms in total. The SMILES string of the molecule is N#Cc1c(N)[nH+]c(SCC(=O)Nc2ccc3c(c2)OCCO3)c(C#N)c1-c1cccs1. The van der Waals surface area contributed by atoms with E-state index in [1.807, 2.05) is 17.5 Å². The van der Waals surface area contributed by atoms with Gasteiger partial charge in [-0.3, -0.25) is 10.5 Å². The molecule has 0 radical (unpaired) electrons. The first-order chi connectivity index (χ1) is 15.1. The Morgan fingerprint density at radius 3 is 2.68 bits per heavy atom. The second-order valence-corrected chi connectivity index (χ2v) is 8.32. The molecule has 31 heavy (non-hydrogen) atoms. The smallest absolute Gasteiger partial charge is 0.289 e. The zero-order valence-electron chi connectivity index (χ0n) is 16.1. The highest BCUT2D eigenvalue weighted by molar-refractivity contribution is 7.99. The number of aromatic nitrogens is 1. The summed E-state index contributed by atoms with van der Waals surface area (Å²) in [5.41, 5.74) is 7.59. The van der Waals surface area contributed by atoms with Crippen molar-refractivity contribution in [2.45, 2.75) is 5.03 Å². The molecule has 10 heteroatoms. The molecule has 0 spiro atoms. The lowest BCUT2D eigenvalue weighted by Crippen LogP contribution is -2.21. The number of benzene rings is 1. The van der Waals surface area contributed by atoms with E-state index in [0.29, 0.717) is 41.0 Å². The molecule has 2 aromatic heterocycles. The number of H-pyrrole nitrogens is 1. The fourth-order valence-corrected chi connectivity index (χ4v) is 4.68. The third kappa shape index (κ3) is 4.26. The largest absolute Gasteiger partial charge is 0.486 e. The van der Waals surface area contributed by atoms with Gasteiger partial charge < -0.3 is 14.8 Å². The van der Waals surface area contributed by atoms with Crippen molar-refractivity contribution in [3.63, 3.8) is 0 Å². The van der Waals surface area contributed by atoms with Crippen LogP contribution >= 0.6 is 23.1 Å². The maximum atomic E-state index is 12.5. The summed E-state index contributed by atoms with van der Waals surface area (Å²) in [5.74, 6) is 1.15. The number of nitrogens with one attached hydrogen (secondary N) is 2. The molecule has 3 heterocycles. The highest BCUT2D eigenvalue weighted by atomic mass is 32.2. The van der Waals surface area contributed by atoms with Gasteiger partial charge in [0.1, 0.15) is 30.9 Å². The Balaban J connectivity index is 1.54. The third-order valence-corrected chi connectivity index (χ3v) is 6.30. The van der Waals surface area contributed by atoms with Crippen LogP contribution < -0.4 is 25.5 Å². The number of hydrogen-bond acceptors (Lipinski definition) is 8. The molecule has 4 rings (SSSR count). The first-order valence-electron chi connectivity index (χ1n) is 9.16. The molecule has 0 bridgehead atoms. The van der Waals surface area contributed by atoms with Crippen molar-refractivity contribution in [1.82, 2.24) is 0 Å². The van der Waals surface area contributed by atoms with E-state index in [1.54, 1.807) is 18.2 Å². The van der Waals surface area contributed by atoms with Crippen molar-refractivity contribution in [2.75, 3.05) is 30.0 Å². The topological polar surface area (TPSA) is 135 Å². The van der Waals surface area contributed by atoms with Crippen LogP contribution in [0.2, 0.25) is 0 Å². The highest BCUT2D eigenvalue weighted by Crippen LogP contribution is 2.36. The summed E-state index contributed by atoms with van der Waals surface area (Å²) < 4.78 is 11.0. The molecule has 0 unspecified atom stereocenters. The number of aromatic amines is 1. The summed E-state index contributed by atoms with van der Waals surface area (Å²) in [6.07, 6.45) is 0. The van der Waals surface area contributed by atoms with Crippen molar-refractivity contribution in [1.29, 1.82) is 10.5 Å². The van der Waals surface area contributed by atoms with Crippen LogP contribution in [0.4, 0.5) is 11.5 Å². The number of pyridine rings is 1. The van der Waals surface area contributed by atoms with Gasteiger partial charge in [0.25, 0.3) is 5.82 Å². The minimum absolute atomic E-state index is 0.0366. The van der Waals surface area contributed by atoms with Crippen LogP contribution in [0.5, 0.6) is 11.5 Å². The predicted molar refractivity (Wildman–Crippen MR) is 117 cm³/mol. The molecule has 4 N–H and O–H groups in total. The fraction of sp³-hybridized carbons (Fsp3) is 0.143. The van der Waals surface area contributed by atoms with Gasteiger partial charge in [-0.25, -0.2) is 4.98 Å². The second kappa shape index (κ2) is 8.96. The van der Waals surface area contributed by atoms with E-state index in [1.165, 1.54) is 11.3 Å². The number of carbonyl (C=O) groups excluding carboxylic acids is 1. The van der Waals surface area contributed by atoms with Crippen LogP contribution in [-0.2, 0) is 4.79 Å². The number of nitriles is 2. The highest BCUT2D eigenvalue weighted by Gasteiger charge is 2.25. The van der Waals surface area contributed by atoms with Crippen molar-refractivity contribution < 1.29 is 19.3 Å². The van der Waals surface area contributed by atoms with Gasteiger partial charge in [-0.15, -0.1) is 11.3 Å². The molecular formula is C21H16N5O3S2+. The van der Waals surface area contributed by atoms with Gasteiger partial charge in [-0.2, -0.15) is 10.5 Å². The Morgan fingerprint density at radius 1 is 1.19 bits per heavy atom. The standard InChI is InChI=1S/C21H15N5O3S2/c22-9-13-19(17-2-1-7-30-17)14(10-23)21(26-20(13)24)31-11-18(27)25-12-3-4-15-16(8-12)29-6-5-28-15/h1-4,7-8H,5-6,11H2,(H2,24,26)(H,25,27)/p+1. The normalized spacial score (nSPS) is 11.9. The number of carbonyl (C=O) groups is 1. The molecule has 154 valence electrons. The minimum Gasteiger partial charge on any atom is -0.486 e.